The molecule has 1 fully saturated rings. The maximum atomic E-state index is 12.5. The third-order valence-electron chi connectivity index (χ3n) is 5.18. The van der Waals surface area contributed by atoms with Crippen molar-refractivity contribution in [3.63, 3.8) is 0 Å². The minimum Gasteiger partial charge on any atom is -0.453 e. The Morgan fingerprint density at radius 3 is 2.44 bits per heavy atom. The van der Waals surface area contributed by atoms with Crippen LogP contribution in [0.25, 0.3) is 11.1 Å². The number of carbonyl (C=O) groups excluding carboxylic acids is 2. The third-order valence-corrected chi connectivity index (χ3v) is 5.18. The van der Waals surface area contributed by atoms with E-state index in [9.17, 15) is 9.59 Å². The molecule has 1 atom stereocenters. The van der Waals surface area contributed by atoms with Crippen molar-refractivity contribution in [2.75, 3.05) is 5.32 Å². The highest BCUT2D eigenvalue weighted by atomic mass is 16.5. The highest BCUT2D eigenvalue weighted by Crippen LogP contribution is 2.29. The summed E-state index contributed by atoms with van der Waals surface area (Å²) < 4.78 is 5.34. The lowest BCUT2D eigenvalue weighted by Gasteiger charge is -2.16. The highest BCUT2D eigenvalue weighted by molar-refractivity contribution is 5.98. The molecule has 2 aromatic rings. The molecule has 0 spiro atoms. The van der Waals surface area contributed by atoms with E-state index in [0.717, 1.165) is 17.5 Å². The van der Waals surface area contributed by atoms with Crippen molar-refractivity contribution < 1.29 is 14.3 Å². The van der Waals surface area contributed by atoms with Crippen LogP contribution in [-0.4, -0.2) is 18.0 Å². The number of ether oxygens (including phenoxy) is 1. The van der Waals surface area contributed by atoms with Crippen LogP contribution in [0.2, 0.25) is 0 Å². The smallest absolute Gasteiger partial charge is 0.306 e. The van der Waals surface area contributed by atoms with E-state index in [1.807, 2.05) is 54.6 Å². The van der Waals surface area contributed by atoms with Crippen LogP contribution in [0.3, 0.4) is 0 Å². The van der Waals surface area contributed by atoms with Gasteiger partial charge < -0.3 is 10.1 Å². The highest BCUT2D eigenvalue weighted by Gasteiger charge is 2.21. The number of rotatable bonds is 7. The Hall–Kier alpha value is -2.62. The monoisotopic (exact) mass is 365 g/mol. The lowest BCUT2D eigenvalue weighted by atomic mass is 10.0. The van der Waals surface area contributed by atoms with Gasteiger partial charge in [0.2, 0.25) is 0 Å². The van der Waals surface area contributed by atoms with Gasteiger partial charge in [0.15, 0.2) is 6.10 Å². The SMILES string of the molecule is C[C@@H](OC(=O)CCC1CCCC1)C(=O)Nc1ccccc1-c1ccccc1. The first-order valence-electron chi connectivity index (χ1n) is 9.78. The fraction of sp³-hybridized carbons (Fsp3) is 0.391. The fourth-order valence-corrected chi connectivity index (χ4v) is 3.63. The maximum absolute atomic E-state index is 12.5. The van der Waals surface area contributed by atoms with Gasteiger partial charge in [-0.1, -0.05) is 74.2 Å². The van der Waals surface area contributed by atoms with Gasteiger partial charge in [0.05, 0.1) is 0 Å². The van der Waals surface area contributed by atoms with E-state index in [1.54, 1.807) is 6.92 Å². The van der Waals surface area contributed by atoms with E-state index in [1.165, 1.54) is 25.7 Å². The molecule has 1 N–H and O–H groups in total. The van der Waals surface area contributed by atoms with Crippen molar-refractivity contribution in [1.29, 1.82) is 0 Å². The van der Waals surface area contributed by atoms with Crippen molar-refractivity contribution in [3.8, 4) is 11.1 Å². The molecular weight excluding hydrogens is 338 g/mol. The number of anilines is 1. The summed E-state index contributed by atoms with van der Waals surface area (Å²) in [4.78, 5) is 24.6. The third kappa shape index (κ3) is 5.43. The van der Waals surface area contributed by atoms with Crippen molar-refractivity contribution in [2.24, 2.45) is 5.92 Å². The van der Waals surface area contributed by atoms with Crippen molar-refractivity contribution in [2.45, 2.75) is 51.6 Å². The lowest BCUT2D eigenvalue weighted by Crippen LogP contribution is -2.30. The number of amides is 1. The molecule has 0 bridgehead atoms. The second-order valence-electron chi connectivity index (χ2n) is 7.22. The van der Waals surface area contributed by atoms with Gasteiger partial charge in [0, 0.05) is 17.7 Å². The molecule has 1 amide bonds. The molecule has 27 heavy (non-hydrogen) atoms. The fourth-order valence-electron chi connectivity index (χ4n) is 3.63. The minimum atomic E-state index is -0.815. The molecule has 142 valence electrons. The molecule has 4 nitrogen and oxygen atoms in total. The van der Waals surface area contributed by atoms with Gasteiger partial charge in [-0.05, 0) is 30.9 Å². The van der Waals surface area contributed by atoms with Crippen LogP contribution in [0.15, 0.2) is 54.6 Å². The largest absolute Gasteiger partial charge is 0.453 e. The first-order chi connectivity index (χ1) is 13.1. The molecule has 1 aliphatic rings. The number of benzene rings is 2. The lowest BCUT2D eigenvalue weighted by molar-refractivity contribution is -0.153. The van der Waals surface area contributed by atoms with Gasteiger partial charge in [-0.3, -0.25) is 9.59 Å². The van der Waals surface area contributed by atoms with Gasteiger partial charge in [0.25, 0.3) is 5.91 Å². The molecule has 0 aliphatic heterocycles. The quantitative estimate of drug-likeness (QED) is 0.687. The number of hydrogen-bond acceptors (Lipinski definition) is 3. The van der Waals surface area contributed by atoms with E-state index in [2.05, 4.69) is 5.32 Å². The predicted molar refractivity (Wildman–Crippen MR) is 107 cm³/mol. The molecule has 0 heterocycles. The van der Waals surface area contributed by atoms with Crippen LogP contribution in [0.5, 0.6) is 0 Å². The molecule has 3 rings (SSSR count). The average Bonchev–Trinajstić information content (AvgIpc) is 3.21. The van der Waals surface area contributed by atoms with Gasteiger partial charge in [-0.2, -0.15) is 0 Å². The molecule has 4 heteroatoms. The molecule has 0 aromatic heterocycles. The van der Waals surface area contributed by atoms with Crippen LogP contribution in [-0.2, 0) is 14.3 Å². The second kappa shape index (κ2) is 9.36. The summed E-state index contributed by atoms with van der Waals surface area (Å²) in [6.07, 6.45) is 5.38. The first kappa shape index (κ1) is 19.2. The molecule has 0 unspecified atom stereocenters. The van der Waals surface area contributed by atoms with Crippen molar-refractivity contribution in [1.82, 2.24) is 0 Å². The van der Waals surface area contributed by atoms with E-state index in [-0.39, 0.29) is 11.9 Å². The molecular formula is C23H27NO3. The molecule has 0 radical (unpaired) electrons. The summed E-state index contributed by atoms with van der Waals surface area (Å²) in [6, 6.07) is 17.5. The summed E-state index contributed by atoms with van der Waals surface area (Å²) in [7, 11) is 0. The number of esters is 1. The summed E-state index contributed by atoms with van der Waals surface area (Å²) in [5.74, 6) is 0.0351. The summed E-state index contributed by atoms with van der Waals surface area (Å²) >= 11 is 0. The predicted octanol–water partition coefficient (Wildman–Crippen LogP) is 5.19. The number of nitrogens with one attached hydrogen (secondary N) is 1. The average molecular weight is 365 g/mol. The van der Waals surface area contributed by atoms with Gasteiger partial charge in [-0.15, -0.1) is 0 Å². The Morgan fingerprint density at radius 1 is 1.04 bits per heavy atom. The van der Waals surface area contributed by atoms with Crippen LogP contribution in [0.1, 0.15) is 45.4 Å². The van der Waals surface area contributed by atoms with Crippen molar-refractivity contribution >= 4 is 17.6 Å². The summed E-state index contributed by atoms with van der Waals surface area (Å²) in [5, 5.41) is 2.90. The normalized spacial score (nSPS) is 15.3. The van der Waals surface area contributed by atoms with Gasteiger partial charge >= 0.3 is 5.97 Å². The number of para-hydroxylation sites is 1. The van der Waals surface area contributed by atoms with Crippen molar-refractivity contribution in [3.05, 3.63) is 54.6 Å². The van der Waals surface area contributed by atoms with Gasteiger partial charge in [0.1, 0.15) is 0 Å². The van der Waals surface area contributed by atoms with Crippen LogP contribution in [0.4, 0.5) is 5.69 Å². The Labute approximate surface area is 160 Å². The zero-order valence-corrected chi connectivity index (χ0v) is 15.8. The Balaban J connectivity index is 1.56. The minimum absolute atomic E-state index is 0.291. The van der Waals surface area contributed by atoms with E-state index >= 15 is 0 Å². The van der Waals surface area contributed by atoms with Crippen LogP contribution < -0.4 is 5.32 Å². The maximum Gasteiger partial charge on any atom is 0.306 e. The topological polar surface area (TPSA) is 55.4 Å². The number of carbonyl (C=O) groups is 2. The molecule has 1 aliphatic carbocycles. The van der Waals surface area contributed by atoms with Crippen LogP contribution >= 0.6 is 0 Å². The van der Waals surface area contributed by atoms with Crippen LogP contribution in [0, 0.1) is 5.92 Å². The number of hydrogen-bond donors (Lipinski definition) is 1. The summed E-state index contributed by atoms with van der Waals surface area (Å²) in [5.41, 5.74) is 2.67. The second-order valence-corrected chi connectivity index (χ2v) is 7.22. The molecule has 0 saturated heterocycles. The Bertz CT molecular complexity index is 766. The Morgan fingerprint density at radius 2 is 1.70 bits per heavy atom. The molecule has 2 aromatic carbocycles. The standard InChI is InChI=1S/C23H27NO3/c1-17(27-22(25)16-15-18-9-5-6-10-18)23(26)24-21-14-8-7-13-20(21)19-11-3-2-4-12-19/h2-4,7-8,11-14,17-18H,5-6,9-10,15-16H2,1H3,(H,24,26)/t17-/m1/s1. The molecule has 1 saturated carbocycles. The van der Waals surface area contributed by atoms with Gasteiger partial charge in [-0.25, -0.2) is 0 Å². The zero-order chi connectivity index (χ0) is 19.1. The van der Waals surface area contributed by atoms with E-state index < -0.39 is 6.10 Å². The van der Waals surface area contributed by atoms with E-state index in [0.29, 0.717) is 18.0 Å². The Kier molecular flexibility index (Phi) is 6.64. The summed E-state index contributed by atoms with van der Waals surface area (Å²) in [6.45, 7) is 1.62. The van der Waals surface area contributed by atoms with E-state index in [4.69, 9.17) is 4.74 Å². The first-order valence-corrected chi connectivity index (χ1v) is 9.78. The zero-order valence-electron chi connectivity index (χ0n) is 15.8.